The molecule has 21 heavy (non-hydrogen) atoms. The minimum atomic E-state index is 0.418. The first-order chi connectivity index (χ1) is 10.3. The van der Waals surface area contributed by atoms with E-state index in [9.17, 15) is 0 Å². The minimum Gasteiger partial charge on any atom is -0.367 e. The van der Waals surface area contributed by atoms with Crippen LogP contribution in [0.15, 0.2) is 30.6 Å². The van der Waals surface area contributed by atoms with Crippen molar-refractivity contribution >= 4 is 17.4 Å². The summed E-state index contributed by atoms with van der Waals surface area (Å²) in [6, 6.07) is 9.11. The number of halogens is 1. The minimum absolute atomic E-state index is 0.418. The van der Waals surface area contributed by atoms with Crippen molar-refractivity contribution in [3.63, 3.8) is 0 Å². The van der Waals surface area contributed by atoms with Crippen molar-refractivity contribution in [1.82, 2.24) is 9.97 Å². The number of aromatic nitrogens is 2. The molecule has 1 atom stereocenters. The quantitative estimate of drug-likeness (QED) is 0.866. The number of fused-ring (bicyclic) bond motifs is 1. The van der Waals surface area contributed by atoms with Gasteiger partial charge in [-0.1, -0.05) is 49.2 Å². The van der Waals surface area contributed by atoms with Crippen LogP contribution >= 0.6 is 11.6 Å². The van der Waals surface area contributed by atoms with Gasteiger partial charge in [-0.2, -0.15) is 0 Å². The van der Waals surface area contributed by atoms with Crippen LogP contribution in [-0.4, -0.2) is 16.0 Å². The Balaban J connectivity index is 1.78. The standard InChI is InChI=1S/C17H20ClN3/c1-2-5-15-16(18)19-11-20-17(15)21-14-9-8-12-6-3-4-7-13(12)10-14/h3-4,6-7,11,14H,2,5,8-10H2,1H3,(H,19,20,21). The molecule has 1 aliphatic carbocycles. The van der Waals surface area contributed by atoms with Crippen LogP contribution in [0, 0.1) is 0 Å². The number of nitrogens with one attached hydrogen (secondary N) is 1. The Kier molecular flexibility index (Phi) is 4.39. The second-order valence-electron chi connectivity index (χ2n) is 5.59. The molecule has 0 radical (unpaired) electrons. The lowest BCUT2D eigenvalue weighted by Crippen LogP contribution is -2.28. The van der Waals surface area contributed by atoms with Crippen LogP contribution in [0.1, 0.15) is 36.5 Å². The Morgan fingerprint density at radius 2 is 2.05 bits per heavy atom. The molecule has 1 N–H and O–H groups in total. The van der Waals surface area contributed by atoms with Gasteiger partial charge in [0.15, 0.2) is 0 Å². The molecule has 0 bridgehead atoms. The van der Waals surface area contributed by atoms with Crippen LogP contribution in [0.25, 0.3) is 0 Å². The average molecular weight is 302 g/mol. The maximum atomic E-state index is 6.22. The molecule has 0 saturated heterocycles. The molecule has 0 spiro atoms. The number of hydrogen-bond donors (Lipinski definition) is 1. The Labute approximate surface area is 130 Å². The first-order valence-corrected chi connectivity index (χ1v) is 7.98. The molecule has 3 rings (SSSR count). The van der Waals surface area contributed by atoms with Crippen molar-refractivity contribution in [2.45, 2.75) is 45.1 Å². The highest BCUT2D eigenvalue weighted by Gasteiger charge is 2.20. The lowest BCUT2D eigenvalue weighted by atomic mass is 9.88. The molecule has 110 valence electrons. The molecule has 0 amide bonds. The monoisotopic (exact) mass is 301 g/mol. The highest BCUT2D eigenvalue weighted by Crippen LogP contribution is 2.26. The Morgan fingerprint density at radius 3 is 2.86 bits per heavy atom. The van der Waals surface area contributed by atoms with E-state index in [1.807, 2.05) is 0 Å². The average Bonchev–Trinajstić information content (AvgIpc) is 2.51. The summed E-state index contributed by atoms with van der Waals surface area (Å²) in [6.45, 7) is 2.14. The lowest BCUT2D eigenvalue weighted by Gasteiger charge is -2.26. The summed E-state index contributed by atoms with van der Waals surface area (Å²) >= 11 is 6.22. The van der Waals surface area contributed by atoms with E-state index in [4.69, 9.17) is 11.6 Å². The fourth-order valence-electron chi connectivity index (χ4n) is 3.00. The number of rotatable bonds is 4. The summed E-state index contributed by atoms with van der Waals surface area (Å²) in [4.78, 5) is 8.50. The number of nitrogens with zero attached hydrogens (tertiary/aromatic N) is 2. The summed E-state index contributed by atoms with van der Waals surface area (Å²) in [7, 11) is 0. The summed E-state index contributed by atoms with van der Waals surface area (Å²) in [5, 5.41) is 4.16. The van der Waals surface area contributed by atoms with E-state index < -0.39 is 0 Å². The molecule has 2 aromatic rings. The van der Waals surface area contributed by atoms with Crippen LogP contribution in [-0.2, 0) is 19.3 Å². The molecule has 0 saturated carbocycles. The van der Waals surface area contributed by atoms with Gasteiger partial charge in [0.05, 0.1) is 0 Å². The Bertz CT molecular complexity index is 627. The molecule has 0 aliphatic heterocycles. The van der Waals surface area contributed by atoms with Gasteiger partial charge >= 0.3 is 0 Å². The molecule has 1 unspecified atom stereocenters. The van der Waals surface area contributed by atoms with Gasteiger partial charge in [0.25, 0.3) is 0 Å². The highest BCUT2D eigenvalue weighted by atomic mass is 35.5. The first kappa shape index (κ1) is 14.3. The second-order valence-corrected chi connectivity index (χ2v) is 5.95. The van der Waals surface area contributed by atoms with Gasteiger partial charge in [-0.15, -0.1) is 0 Å². The van der Waals surface area contributed by atoms with Gasteiger partial charge in [-0.3, -0.25) is 0 Å². The normalized spacial score (nSPS) is 17.3. The van der Waals surface area contributed by atoms with Gasteiger partial charge in [0.1, 0.15) is 17.3 Å². The van der Waals surface area contributed by atoms with Crippen LogP contribution < -0.4 is 5.32 Å². The maximum Gasteiger partial charge on any atom is 0.137 e. The number of aryl methyl sites for hydroxylation is 1. The maximum absolute atomic E-state index is 6.22. The van der Waals surface area contributed by atoms with Crippen LogP contribution in [0.2, 0.25) is 5.15 Å². The third-order valence-corrected chi connectivity index (χ3v) is 4.41. The third-order valence-electron chi connectivity index (χ3n) is 4.08. The van der Waals surface area contributed by atoms with E-state index in [0.717, 1.165) is 43.5 Å². The molecule has 1 aromatic heterocycles. The Hall–Kier alpha value is -1.61. The van der Waals surface area contributed by atoms with Gasteiger partial charge in [0, 0.05) is 11.6 Å². The zero-order valence-electron chi connectivity index (χ0n) is 12.3. The van der Waals surface area contributed by atoms with Crippen molar-refractivity contribution in [3.05, 3.63) is 52.4 Å². The fourth-order valence-corrected chi connectivity index (χ4v) is 3.23. The van der Waals surface area contributed by atoms with E-state index in [1.165, 1.54) is 11.1 Å². The van der Waals surface area contributed by atoms with E-state index in [0.29, 0.717) is 11.2 Å². The van der Waals surface area contributed by atoms with Gasteiger partial charge in [0.2, 0.25) is 0 Å². The second kappa shape index (κ2) is 6.44. The number of anilines is 1. The van der Waals surface area contributed by atoms with Crippen LogP contribution in [0.3, 0.4) is 0 Å². The van der Waals surface area contributed by atoms with Crippen molar-refractivity contribution in [3.8, 4) is 0 Å². The van der Waals surface area contributed by atoms with E-state index in [1.54, 1.807) is 6.33 Å². The van der Waals surface area contributed by atoms with Crippen molar-refractivity contribution in [2.75, 3.05) is 5.32 Å². The predicted octanol–water partition coefficient (Wildman–Crippen LogP) is 4.05. The predicted molar refractivity (Wildman–Crippen MR) is 86.9 cm³/mol. The summed E-state index contributed by atoms with van der Waals surface area (Å²) in [6.07, 6.45) is 6.78. The lowest BCUT2D eigenvalue weighted by molar-refractivity contribution is 0.607. The third kappa shape index (κ3) is 3.18. The van der Waals surface area contributed by atoms with Crippen molar-refractivity contribution < 1.29 is 0 Å². The fraction of sp³-hybridized carbons (Fsp3) is 0.412. The SMILES string of the molecule is CCCc1c(Cl)ncnc1NC1CCc2ccccc2C1. The number of hydrogen-bond acceptors (Lipinski definition) is 3. The molecular weight excluding hydrogens is 282 g/mol. The topological polar surface area (TPSA) is 37.8 Å². The smallest absolute Gasteiger partial charge is 0.137 e. The Morgan fingerprint density at radius 1 is 1.24 bits per heavy atom. The van der Waals surface area contributed by atoms with Gasteiger partial charge in [-0.05, 0) is 36.8 Å². The zero-order chi connectivity index (χ0) is 14.7. The summed E-state index contributed by atoms with van der Waals surface area (Å²) < 4.78 is 0. The molecule has 1 aliphatic rings. The first-order valence-electron chi connectivity index (χ1n) is 7.60. The molecule has 1 heterocycles. The molecular formula is C17H20ClN3. The van der Waals surface area contributed by atoms with Crippen LogP contribution in [0.5, 0.6) is 0 Å². The van der Waals surface area contributed by atoms with Crippen molar-refractivity contribution in [1.29, 1.82) is 0 Å². The summed E-state index contributed by atoms with van der Waals surface area (Å²) in [5.74, 6) is 0.904. The molecule has 0 fully saturated rings. The largest absolute Gasteiger partial charge is 0.367 e. The molecule has 1 aromatic carbocycles. The summed E-state index contributed by atoms with van der Waals surface area (Å²) in [5.41, 5.74) is 3.96. The molecule has 4 heteroatoms. The van der Waals surface area contributed by atoms with Crippen molar-refractivity contribution in [2.24, 2.45) is 0 Å². The van der Waals surface area contributed by atoms with Gasteiger partial charge < -0.3 is 5.32 Å². The van der Waals surface area contributed by atoms with E-state index in [2.05, 4.69) is 46.5 Å². The highest BCUT2D eigenvalue weighted by molar-refractivity contribution is 6.30. The molecule has 3 nitrogen and oxygen atoms in total. The van der Waals surface area contributed by atoms with E-state index >= 15 is 0 Å². The van der Waals surface area contributed by atoms with E-state index in [-0.39, 0.29) is 0 Å². The number of benzene rings is 1. The van der Waals surface area contributed by atoms with Gasteiger partial charge in [-0.25, -0.2) is 9.97 Å². The zero-order valence-corrected chi connectivity index (χ0v) is 13.0. The van der Waals surface area contributed by atoms with Crippen LogP contribution in [0.4, 0.5) is 5.82 Å².